The normalized spacial score (nSPS) is 18.6. The van der Waals surface area contributed by atoms with Gasteiger partial charge in [0.05, 0.1) is 12.5 Å². The first-order chi connectivity index (χ1) is 19.2. The maximum atomic E-state index is 13.7. The zero-order chi connectivity index (χ0) is 31.3. The maximum absolute atomic E-state index is 13.7. The molecular weight excluding hydrogens is 534 g/mol. The van der Waals surface area contributed by atoms with E-state index in [9.17, 15) is 33.9 Å². The van der Waals surface area contributed by atoms with Crippen LogP contribution in [0.15, 0.2) is 0 Å². The molecule has 1 rings (SSSR count). The molecule has 0 radical (unpaired) electrons. The van der Waals surface area contributed by atoms with Crippen LogP contribution in [0.2, 0.25) is 0 Å². The van der Waals surface area contributed by atoms with Crippen LogP contribution >= 0.6 is 0 Å². The van der Waals surface area contributed by atoms with Crippen LogP contribution in [0.1, 0.15) is 79.1 Å². The Morgan fingerprint density at radius 1 is 0.976 bits per heavy atom. The molecule has 0 aromatic carbocycles. The number of primary amides is 1. The van der Waals surface area contributed by atoms with Crippen LogP contribution in [0.5, 0.6) is 0 Å². The molecule has 5 amide bonds. The van der Waals surface area contributed by atoms with E-state index in [4.69, 9.17) is 17.2 Å². The van der Waals surface area contributed by atoms with Gasteiger partial charge in [-0.3, -0.25) is 24.0 Å². The predicted octanol–water partition coefficient (Wildman–Crippen LogP) is -1.06. The number of amides is 5. The van der Waals surface area contributed by atoms with Gasteiger partial charge in [-0.2, -0.15) is 0 Å². The SMILES string of the molecule is CC[C@H](C)[C@H](NC(=O)[C@H](CC(C)C)NC(=O)[C@@H](N)CCCCN)C(=O)N1CCC[C@H]1C(=O)N[C@@H](CC(N)=O)C(=O)O. The Bertz CT molecular complexity index is 930. The minimum atomic E-state index is -1.52. The number of likely N-dealkylation sites (tertiary alicyclic amines) is 1. The fourth-order valence-electron chi connectivity index (χ4n) is 4.71. The largest absolute Gasteiger partial charge is 0.480 e. The molecule has 0 saturated carbocycles. The molecule has 1 heterocycles. The van der Waals surface area contributed by atoms with Crippen LogP contribution in [0, 0.1) is 11.8 Å². The summed E-state index contributed by atoms with van der Waals surface area (Å²) in [6.07, 6.45) is 2.88. The Morgan fingerprint density at radius 2 is 1.63 bits per heavy atom. The van der Waals surface area contributed by atoms with Crippen LogP contribution < -0.4 is 33.2 Å². The number of aliphatic carboxylic acids is 1. The molecule has 1 aliphatic heterocycles. The summed E-state index contributed by atoms with van der Waals surface area (Å²) in [4.78, 5) is 77.0. The summed E-state index contributed by atoms with van der Waals surface area (Å²) in [6, 6.07) is -5.22. The van der Waals surface area contributed by atoms with Crippen molar-refractivity contribution >= 4 is 35.5 Å². The first-order valence-electron chi connectivity index (χ1n) is 14.4. The van der Waals surface area contributed by atoms with Gasteiger partial charge in [0.2, 0.25) is 29.5 Å². The topological polar surface area (TPSA) is 240 Å². The van der Waals surface area contributed by atoms with Crippen molar-refractivity contribution in [3.05, 3.63) is 0 Å². The summed E-state index contributed by atoms with van der Waals surface area (Å²) in [5.74, 6) is -4.78. The van der Waals surface area contributed by atoms with Gasteiger partial charge in [-0.05, 0) is 50.5 Å². The highest BCUT2D eigenvalue weighted by Crippen LogP contribution is 2.22. The second kappa shape index (κ2) is 17.5. The molecule has 1 fully saturated rings. The van der Waals surface area contributed by atoms with Crippen LogP contribution in [0.4, 0.5) is 0 Å². The summed E-state index contributed by atoms with van der Waals surface area (Å²) in [5, 5.41) is 17.2. The lowest BCUT2D eigenvalue weighted by atomic mass is 9.95. The van der Waals surface area contributed by atoms with E-state index in [1.54, 1.807) is 6.92 Å². The molecule has 14 nitrogen and oxygen atoms in total. The zero-order valence-corrected chi connectivity index (χ0v) is 24.7. The van der Waals surface area contributed by atoms with E-state index in [1.165, 1.54) is 4.90 Å². The first kappa shape index (κ1) is 35.8. The highest BCUT2D eigenvalue weighted by atomic mass is 16.4. The van der Waals surface area contributed by atoms with Crippen molar-refractivity contribution in [3.8, 4) is 0 Å². The average molecular weight is 584 g/mol. The highest BCUT2D eigenvalue weighted by molar-refractivity contribution is 5.96. The number of carboxylic acids is 1. The molecule has 6 atom stereocenters. The number of nitrogens with one attached hydrogen (secondary N) is 3. The zero-order valence-electron chi connectivity index (χ0n) is 24.7. The number of carboxylic acid groups (broad SMARTS) is 1. The molecule has 14 heteroatoms. The summed E-state index contributed by atoms with van der Waals surface area (Å²) in [6.45, 7) is 8.19. The molecule has 10 N–H and O–H groups in total. The van der Waals surface area contributed by atoms with Gasteiger partial charge in [-0.15, -0.1) is 0 Å². The molecule has 41 heavy (non-hydrogen) atoms. The van der Waals surface area contributed by atoms with Crippen molar-refractivity contribution in [1.29, 1.82) is 0 Å². The van der Waals surface area contributed by atoms with E-state index in [1.807, 2.05) is 20.8 Å². The molecule has 0 aliphatic carbocycles. The molecule has 0 unspecified atom stereocenters. The average Bonchev–Trinajstić information content (AvgIpc) is 3.39. The number of hydrogen-bond acceptors (Lipinski definition) is 8. The molecule has 0 bridgehead atoms. The van der Waals surface area contributed by atoms with E-state index in [2.05, 4.69) is 16.0 Å². The van der Waals surface area contributed by atoms with E-state index >= 15 is 0 Å². The van der Waals surface area contributed by atoms with Crippen molar-refractivity contribution < 1.29 is 33.9 Å². The summed E-state index contributed by atoms with van der Waals surface area (Å²) in [7, 11) is 0. The fraction of sp³-hybridized carbons (Fsp3) is 0.778. The minimum absolute atomic E-state index is 0.0477. The van der Waals surface area contributed by atoms with Gasteiger partial charge in [0.15, 0.2) is 0 Å². The number of hydrogen-bond donors (Lipinski definition) is 7. The quantitative estimate of drug-likeness (QED) is 0.0971. The lowest BCUT2D eigenvalue weighted by molar-refractivity contribution is -0.146. The highest BCUT2D eigenvalue weighted by Gasteiger charge is 2.41. The second-order valence-corrected chi connectivity index (χ2v) is 11.2. The van der Waals surface area contributed by atoms with Crippen LogP contribution in [0.25, 0.3) is 0 Å². The smallest absolute Gasteiger partial charge is 0.326 e. The molecule has 0 spiro atoms. The third-order valence-corrected chi connectivity index (χ3v) is 7.28. The maximum Gasteiger partial charge on any atom is 0.326 e. The summed E-state index contributed by atoms with van der Waals surface area (Å²) < 4.78 is 0. The lowest BCUT2D eigenvalue weighted by Gasteiger charge is -2.33. The Labute approximate surface area is 241 Å². The third-order valence-electron chi connectivity index (χ3n) is 7.28. The Morgan fingerprint density at radius 3 is 2.17 bits per heavy atom. The third kappa shape index (κ3) is 11.6. The molecule has 1 aliphatic rings. The van der Waals surface area contributed by atoms with Crippen molar-refractivity contribution in [2.75, 3.05) is 13.1 Å². The molecule has 0 aromatic rings. The number of nitrogens with two attached hydrogens (primary N) is 3. The molecular formula is C27H49N7O7. The van der Waals surface area contributed by atoms with Gasteiger partial charge in [0.25, 0.3) is 0 Å². The molecule has 234 valence electrons. The Hall–Kier alpha value is -3.26. The van der Waals surface area contributed by atoms with Crippen molar-refractivity contribution in [3.63, 3.8) is 0 Å². The number of carbonyl (C=O) groups is 6. The van der Waals surface area contributed by atoms with E-state index in [0.29, 0.717) is 38.6 Å². The molecule has 0 aromatic heterocycles. The lowest BCUT2D eigenvalue weighted by Crippen LogP contribution is -2.60. The standard InChI is InChI=1S/C27H49N7O7/c1-5-16(4)22(33-24(37)18(13-15(2)3)31-23(36)17(29)9-6-7-11-28)26(39)34-12-8-10-20(34)25(38)32-19(27(40)41)14-21(30)35/h15-20,22H,5-14,28-29H2,1-4H3,(H2,30,35)(H,31,36)(H,32,38)(H,33,37)(H,40,41)/t16-,17-,18-,19-,20-,22-/m0/s1. The van der Waals surface area contributed by atoms with Crippen molar-refractivity contribution in [2.45, 2.75) is 109 Å². The van der Waals surface area contributed by atoms with Gasteiger partial charge < -0.3 is 43.2 Å². The van der Waals surface area contributed by atoms with Crippen LogP contribution in [0.3, 0.4) is 0 Å². The van der Waals surface area contributed by atoms with E-state index in [0.717, 1.165) is 6.42 Å². The Balaban J connectivity index is 3.08. The predicted molar refractivity (Wildman–Crippen MR) is 152 cm³/mol. The number of carbonyl (C=O) groups excluding carboxylic acids is 5. The van der Waals surface area contributed by atoms with Crippen molar-refractivity contribution in [2.24, 2.45) is 29.0 Å². The van der Waals surface area contributed by atoms with Gasteiger partial charge in [0, 0.05) is 6.54 Å². The van der Waals surface area contributed by atoms with Crippen molar-refractivity contribution in [1.82, 2.24) is 20.9 Å². The van der Waals surface area contributed by atoms with Crippen LogP contribution in [-0.2, 0) is 28.8 Å². The summed E-state index contributed by atoms with van der Waals surface area (Å²) >= 11 is 0. The monoisotopic (exact) mass is 583 g/mol. The second-order valence-electron chi connectivity index (χ2n) is 11.2. The Kier molecular flexibility index (Phi) is 15.3. The fourth-order valence-corrected chi connectivity index (χ4v) is 4.71. The first-order valence-corrected chi connectivity index (χ1v) is 14.4. The van der Waals surface area contributed by atoms with Crippen LogP contribution in [-0.4, -0.2) is 88.8 Å². The van der Waals surface area contributed by atoms with E-state index in [-0.39, 0.29) is 24.8 Å². The number of rotatable bonds is 18. The minimum Gasteiger partial charge on any atom is -0.480 e. The molecule has 1 saturated heterocycles. The van der Waals surface area contributed by atoms with Gasteiger partial charge in [-0.1, -0.05) is 40.5 Å². The van der Waals surface area contributed by atoms with Gasteiger partial charge >= 0.3 is 5.97 Å². The van der Waals surface area contributed by atoms with E-state index < -0.39 is 72.1 Å². The van der Waals surface area contributed by atoms with Gasteiger partial charge in [-0.25, -0.2) is 4.79 Å². The number of nitrogens with zero attached hydrogens (tertiary/aromatic N) is 1. The summed E-state index contributed by atoms with van der Waals surface area (Å²) in [5.41, 5.74) is 16.6. The van der Waals surface area contributed by atoms with Gasteiger partial charge in [0.1, 0.15) is 24.2 Å². The number of unbranched alkanes of at least 4 members (excludes halogenated alkanes) is 1.